The van der Waals surface area contributed by atoms with Crippen molar-refractivity contribution in [1.82, 2.24) is 0 Å². The highest BCUT2D eigenvalue weighted by atomic mass is 16.6. The topological polar surface area (TPSA) is 172 Å². The van der Waals surface area contributed by atoms with Crippen LogP contribution in [0.2, 0.25) is 0 Å². The molecular weight excluding hydrogens is 600 g/mol. The zero-order chi connectivity index (χ0) is 34.6. The Morgan fingerprint density at radius 3 is 2.13 bits per heavy atom. The second-order valence-electron chi connectivity index (χ2n) is 12.8. The summed E-state index contributed by atoms with van der Waals surface area (Å²) in [6.07, 6.45) is -0.00442. The monoisotopic (exact) mass is 649 g/mol. The maximum Gasteiger partial charge on any atom is 0.341 e. The van der Waals surface area contributed by atoms with E-state index in [1.807, 2.05) is 0 Å². The minimum Gasteiger partial charge on any atom is -0.459 e. The third kappa shape index (κ3) is 7.02. The smallest absolute Gasteiger partial charge is 0.341 e. The van der Waals surface area contributed by atoms with Gasteiger partial charge in [-0.2, -0.15) is 0 Å². The lowest BCUT2D eigenvalue weighted by Gasteiger charge is -2.41. The lowest BCUT2D eigenvalue weighted by molar-refractivity contribution is -0.209. The fourth-order valence-corrected chi connectivity index (χ4v) is 6.58. The molecule has 0 bridgehead atoms. The van der Waals surface area contributed by atoms with Crippen LogP contribution < -0.4 is 0 Å². The van der Waals surface area contributed by atoms with Crippen LogP contribution in [0.5, 0.6) is 0 Å². The van der Waals surface area contributed by atoms with Gasteiger partial charge in [0.2, 0.25) is 0 Å². The number of aliphatic hydroxyl groups is 2. The van der Waals surface area contributed by atoms with E-state index in [4.69, 9.17) is 23.7 Å². The van der Waals surface area contributed by atoms with E-state index in [2.05, 4.69) is 6.92 Å². The van der Waals surface area contributed by atoms with E-state index in [9.17, 15) is 34.2 Å². The molecule has 1 saturated heterocycles. The molecule has 1 heterocycles. The molecule has 2 aliphatic carbocycles. The molecule has 1 aliphatic heterocycles. The van der Waals surface area contributed by atoms with Crippen LogP contribution in [0.25, 0.3) is 0 Å². The van der Waals surface area contributed by atoms with Gasteiger partial charge < -0.3 is 33.9 Å². The van der Waals surface area contributed by atoms with Crippen LogP contribution in [0.3, 0.4) is 0 Å². The molecule has 7 atom stereocenters. The number of carbonyl (C=O) groups excluding carboxylic acids is 5. The van der Waals surface area contributed by atoms with E-state index in [0.717, 1.165) is 39.5 Å². The number of fused-ring (bicyclic) bond motifs is 3. The molecule has 0 unspecified atom stereocenters. The first kappa shape index (κ1) is 37.2. The third-order valence-electron chi connectivity index (χ3n) is 9.23. The van der Waals surface area contributed by atoms with Crippen molar-refractivity contribution in [1.29, 1.82) is 0 Å². The molecule has 0 aromatic carbocycles. The van der Waals surface area contributed by atoms with Crippen molar-refractivity contribution in [2.24, 2.45) is 0 Å². The summed E-state index contributed by atoms with van der Waals surface area (Å²) in [5.74, 6) is -3.87. The summed E-state index contributed by atoms with van der Waals surface area (Å²) >= 11 is 0. The van der Waals surface area contributed by atoms with Crippen molar-refractivity contribution in [3.63, 3.8) is 0 Å². The summed E-state index contributed by atoms with van der Waals surface area (Å²) in [4.78, 5) is 65.0. The molecule has 0 aromatic heterocycles. The molecule has 0 spiro atoms. The number of rotatable bonds is 13. The fourth-order valence-electron chi connectivity index (χ4n) is 6.58. The quantitative estimate of drug-likeness (QED) is 0.128. The summed E-state index contributed by atoms with van der Waals surface area (Å²) in [7, 11) is 0. The van der Waals surface area contributed by atoms with Crippen LogP contribution in [0, 0.1) is 5.92 Å². The van der Waals surface area contributed by atoms with Gasteiger partial charge in [-0.3, -0.25) is 14.4 Å². The van der Waals surface area contributed by atoms with Gasteiger partial charge in [0.15, 0.2) is 29.5 Å². The Balaban J connectivity index is 2.23. The summed E-state index contributed by atoms with van der Waals surface area (Å²) in [6.45, 7) is 12.3. The van der Waals surface area contributed by atoms with Gasteiger partial charge in [0.25, 0.3) is 0 Å². The van der Waals surface area contributed by atoms with Gasteiger partial charge in [-0.15, -0.1) is 0 Å². The summed E-state index contributed by atoms with van der Waals surface area (Å²) < 4.78 is 29.2. The highest BCUT2D eigenvalue weighted by Gasteiger charge is 2.76. The van der Waals surface area contributed by atoms with Crippen LogP contribution in [0.15, 0.2) is 22.8 Å². The Labute approximate surface area is 270 Å². The van der Waals surface area contributed by atoms with Crippen molar-refractivity contribution in [2.75, 3.05) is 0 Å². The summed E-state index contributed by atoms with van der Waals surface area (Å²) in [5, 5.41) is 23.8. The van der Waals surface area contributed by atoms with Gasteiger partial charge in [0, 0.05) is 31.8 Å². The molecular formula is C34H49O12. The Kier molecular flexibility index (Phi) is 11.9. The van der Waals surface area contributed by atoms with Crippen molar-refractivity contribution in [2.45, 2.75) is 154 Å². The molecule has 46 heavy (non-hydrogen) atoms. The molecule has 12 nitrogen and oxygen atoms in total. The number of esters is 5. The molecule has 3 aliphatic rings. The van der Waals surface area contributed by atoms with E-state index in [1.165, 1.54) is 6.92 Å². The molecule has 2 fully saturated rings. The number of hydrogen-bond acceptors (Lipinski definition) is 12. The minimum atomic E-state index is -2.59. The first-order chi connectivity index (χ1) is 21.5. The maximum absolute atomic E-state index is 13.3. The third-order valence-corrected chi connectivity index (χ3v) is 9.23. The van der Waals surface area contributed by atoms with E-state index < -0.39 is 77.5 Å². The lowest BCUT2D eigenvalue weighted by Crippen LogP contribution is -2.64. The molecule has 0 amide bonds. The van der Waals surface area contributed by atoms with Gasteiger partial charge in [-0.1, -0.05) is 45.6 Å². The summed E-state index contributed by atoms with van der Waals surface area (Å²) in [6, 6.07) is 0. The van der Waals surface area contributed by atoms with Crippen LogP contribution in [-0.2, 0) is 47.7 Å². The molecule has 0 aromatic rings. The average molecular weight is 650 g/mol. The van der Waals surface area contributed by atoms with Gasteiger partial charge in [-0.25, -0.2) is 9.59 Å². The van der Waals surface area contributed by atoms with Crippen LogP contribution in [0.4, 0.5) is 0 Å². The Hall–Kier alpha value is -3.25. The van der Waals surface area contributed by atoms with Gasteiger partial charge in [0.05, 0.1) is 5.92 Å². The summed E-state index contributed by atoms with van der Waals surface area (Å²) in [5.41, 5.74) is -6.36. The first-order valence-electron chi connectivity index (χ1n) is 16.2. The SMILES string of the molecule is C/C=C(/C)C(=O)O[C@H]1C(C)=C2[C]([C@@H]1OC(=O)CCCCCCC)[C@@](C)(OC(C)=O)C[C@H](OC(=O)CCC)[C@@]1(O)[C@H]2OC(=O)[C@@]1(C)O. The van der Waals surface area contributed by atoms with Crippen LogP contribution in [-0.4, -0.2) is 81.3 Å². The minimum absolute atomic E-state index is 0.0302. The Morgan fingerprint density at radius 2 is 1.54 bits per heavy atom. The molecule has 257 valence electrons. The predicted molar refractivity (Wildman–Crippen MR) is 164 cm³/mol. The maximum atomic E-state index is 13.3. The molecule has 12 heteroatoms. The molecule has 1 radical (unpaired) electrons. The van der Waals surface area contributed by atoms with Crippen LogP contribution in [0.1, 0.15) is 113 Å². The van der Waals surface area contributed by atoms with E-state index >= 15 is 0 Å². The van der Waals surface area contributed by atoms with Crippen molar-refractivity contribution in [3.05, 3.63) is 28.7 Å². The average Bonchev–Trinajstić information content (AvgIpc) is 3.30. The fraction of sp³-hybridized carbons (Fsp3) is 0.706. The number of unbranched alkanes of at least 4 members (excludes halogenated alkanes) is 4. The second-order valence-corrected chi connectivity index (χ2v) is 12.8. The van der Waals surface area contributed by atoms with Gasteiger partial charge >= 0.3 is 29.8 Å². The van der Waals surface area contributed by atoms with Crippen LogP contribution >= 0.6 is 0 Å². The predicted octanol–water partition coefficient (Wildman–Crippen LogP) is 3.89. The van der Waals surface area contributed by atoms with Crippen molar-refractivity contribution >= 4 is 29.8 Å². The van der Waals surface area contributed by atoms with Gasteiger partial charge in [-0.05, 0) is 58.6 Å². The van der Waals surface area contributed by atoms with E-state index in [-0.39, 0.29) is 35.5 Å². The van der Waals surface area contributed by atoms with E-state index in [1.54, 1.807) is 33.8 Å². The number of allylic oxidation sites excluding steroid dienone is 1. The number of hydrogen-bond donors (Lipinski definition) is 2. The molecule has 2 N–H and O–H groups in total. The normalized spacial score (nSPS) is 32.7. The molecule has 3 rings (SSSR count). The first-order valence-corrected chi connectivity index (χ1v) is 16.2. The highest BCUT2D eigenvalue weighted by Crippen LogP contribution is 2.58. The van der Waals surface area contributed by atoms with E-state index in [0.29, 0.717) is 12.8 Å². The number of carbonyl (C=O) groups is 5. The highest BCUT2D eigenvalue weighted by molar-refractivity contribution is 5.88. The van der Waals surface area contributed by atoms with Crippen molar-refractivity contribution < 1.29 is 57.9 Å². The zero-order valence-electron chi connectivity index (χ0n) is 28.2. The lowest BCUT2D eigenvalue weighted by atomic mass is 9.75. The zero-order valence-corrected chi connectivity index (χ0v) is 28.2. The standard InChI is InChI=1S/C34H49O12/c1-9-12-13-14-15-17-24(37)43-28-26-25(20(5)27(28)44-30(38)19(4)11-3)29-34(41,33(8,40)31(39)45-29)22(42-23(36)16-10-2)18-32(26,7)46-21(6)35/h11,22,27-29,40-41H,9-10,12-18H2,1-8H3/b19-11-/t22-,27-,28-,29-,32-,33+,34+/m0/s1. The van der Waals surface area contributed by atoms with Crippen molar-refractivity contribution in [3.8, 4) is 0 Å². The second kappa shape index (κ2) is 14.7. The van der Waals surface area contributed by atoms with Gasteiger partial charge in [0.1, 0.15) is 11.7 Å². The Bertz CT molecular complexity index is 1260. The Morgan fingerprint density at radius 1 is 0.913 bits per heavy atom. The largest absolute Gasteiger partial charge is 0.459 e. The number of ether oxygens (including phenoxy) is 5. The molecule has 1 saturated carbocycles.